The summed E-state index contributed by atoms with van der Waals surface area (Å²) in [6.07, 6.45) is 3.47. The van der Waals surface area contributed by atoms with Gasteiger partial charge in [0.2, 0.25) is 0 Å². The van der Waals surface area contributed by atoms with Gasteiger partial charge in [0.15, 0.2) is 5.82 Å². The van der Waals surface area contributed by atoms with E-state index in [2.05, 4.69) is 58.9 Å². The zero-order chi connectivity index (χ0) is 29.1. The monoisotopic (exact) mass is 555 g/mol. The van der Waals surface area contributed by atoms with Crippen LogP contribution in [0.25, 0.3) is 11.3 Å². The van der Waals surface area contributed by atoms with Gasteiger partial charge in [0.05, 0.1) is 23.6 Å². The molecule has 4 aromatic rings. The lowest BCUT2D eigenvalue weighted by atomic mass is 9.96. The summed E-state index contributed by atoms with van der Waals surface area (Å²) in [5.41, 5.74) is 5.75. The van der Waals surface area contributed by atoms with Crippen LogP contribution in [0.4, 0.5) is 17.3 Å². The highest BCUT2D eigenvalue weighted by atomic mass is 16.5. The average Bonchev–Trinajstić information content (AvgIpc) is 3.45. The number of benzene rings is 1. The molecule has 1 amide bonds. The number of aromatic nitrogens is 5. The van der Waals surface area contributed by atoms with Gasteiger partial charge < -0.3 is 25.4 Å². The van der Waals surface area contributed by atoms with E-state index in [0.29, 0.717) is 11.6 Å². The van der Waals surface area contributed by atoms with E-state index in [0.717, 1.165) is 60.1 Å². The lowest BCUT2D eigenvalue weighted by Gasteiger charge is -2.30. The number of amides is 1. The summed E-state index contributed by atoms with van der Waals surface area (Å²) >= 11 is 0. The first kappa shape index (κ1) is 28.2. The lowest BCUT2D eigenvalue weighted by molar-refractivity contribution is 0.0895. The normalized spacial score (nSPS) is 14.5. The maximum absolute atomic E-state index is 12.7. The Morgan fingerprint density at radius 1 is 1.02 bits per heavy atom. The molecular weight excluding hydrogens is 518 g/mol. The van der Waals surface area contributed by atoms with Gasteiger partial charge >= 0.3 is 11.8 Å². The minimum Gasteiger partial charge on any atom is -0.368 e. The Hall–Kier alpha value is -4.38. The molecular formula is C30H37N9O2. The first-order chi connectivity index (χ1) is 19.6. The fourth-order valence-corrected chi connectivity index (χ4v) is 4.85. The molecule has 5 rings (SSSR count). The highest BCUT2D eigenvalue weighted by Crippen LogP contribution is 2.27. The Balaban J connectivity index is 1.27. The summed E-state index contributed by atoms with van der Waals surface area (Å²) in [4.78, 5) is 32.9. The fourth-order valence-electron chi connectivity index (χ4n) is 4.85. The molecule has 1 atom stereocenters. The van der Waals surface area contributed by atoms with Crippen molar-refractivity contribution in [2.24, 2.45) is 0 Å². The molecule has 3 aromatic heterocycles. The number of rotatable bonds is 7. The minimum absolute atomic E-state index is 0.0415. The summed E-state index contributed by atoms with van der Waals surface area (Å²) in [7, 11) is 0. The van der Waals surface area contributed by atoms with Crippen LogP contribution >= 0.6 is 0 Å². The second-order valence-corrected chi connectivity index (χ2v) is 11.4. The number of pyridine rings is 1. The molecule has 0 unspecified atom stereocenters. The SMILES string of the molecule is Cc1cc(-c2cc(Nc3cc(C)c(N4CCNCC4)cn3)ncn2)ccc1[C@@H](C)NC(=O)c1nc(C(C)(C)C)no1. The van der Waals surface area contributed by atoms with Crippen LogP contribution in [0.1, 0.15) is 66.9 Å². The average molecular weight is 556 g/mol. The van der Waals surface area contributed by atoms with E-state index in [-0.39, 0.29) is 17.3 Å². The van der Waals surface area contributed by atoms with Crippen LogP contribution in [0.3, 0.4) is 0 Å². The van der Waals surface area contributed by atoms with Crippen molar-refractivity contribution < 1.29 is 9.32 Å². The van der Waals surface area contributed by atoms with E-state index in [9.17, 15) is 4.79 Å². The van der Waals surface area contributed by atoms with Gasteiger partial charge in [0.1, 0.15) is 18.0 Å². The summed E-state index contributed by atoms with van der Waals surface area (Å²) in [6, 6.07) is 9.74. The quantitative estimate of drug-likeness (QED) is 0.300. The van der Waals surface area contributed by atoms with Gasteiger partial charge in [0, 0.05) is 43.2 Å². The smallest absolute Gasteiger partial charge is 0.315 e. The van der Waals surface area contributed by atoms with E-state index in [4.69, 9.17) is 4.52 Å². The van der Waals surface area contributed by atoms with Gasteiger partial charge in [-0.3, -0.25) is 4.79 Å². The van der Waals surface area contributed by atoms with Crippen LogP contribution in [0.2, 0.25) is 0 Å². The second kappa shape index (κ2) is 11.6. The first-order valence-corrected chi connectivity index (χ1v) is 13.9. The summed E-state index contributed by atoms with van der Waals surface area (Å²) in [5.74, 6) is 1.44. The van der Waals surface area contributed by atoms with Gasteiger partial charge in [-0.25, -0.2) is 15.0 Å². The number of nitrogens with one attached hydrogen (secondary N) is 3. The predicted molar refractivity (Wildman–Crippen MR) is 158 cm³/mol. The molecule has 214 valence electrons. The van der Waals surface area contributed by atoms with Crippen molar-refractivity contribution >= 4 is 23.2 Å². The van der Waals surface area contributed by atoms with Crippen molar-refractivity contribution in [2.75, 3.05) is 36.4 Å². The first-order valence-electron chi connectivity index (χ1n) is 13.9. The number of carbonyl (C=O) groups excluding carboxylic acids is 1. The van der Waals surface area contributed by atoms with Gasteiger partial charge in [-0.15, -0.1) is 0 Å². The summed E-state index contributed by atoms with van der Waals surface area (Å²) in [5, 5.41) is 13.6. The minimum atomic E-state index is -0.402. The van der Waals surface area contributed by atoms with Crippen molar-refractivity contribution in [3.63, 3.8) is 0 Å². The zero-order valence-corrected chi connectivity index (χ0v) is 24.4. The maximum Gasteiger partial charge on any atom is 0.315 e. The second-order valence-electron chi connectivity index (χ2n) is 11.4. The van der Waals surface area contributed by atoms with Gasteiger partial charge in [-0.05, 0) is 49.6 Å². The van der Waals surface area contributed by atoms with Crippen molar-refractivity contribution in [3.8, 4) is 11.3 Å². The Bertz CT molecular complexity index is 1540. The molecule has 0 spiro atoms. The van der Waals surface area contributed by atoms with E-state index in [1.807, 2.05) is 65.1 Å². The van der Waals surface area contributed by atoms with Crippen molar-refractivity contribution in [3.05, 3.63) is 71.3 Å². The largest absolute Gasteiger partial charge is 0.368 e. The van der Waals surface area contributed by atoms with Crippen molar-refractivity contribution in [1.82, 2.24) is 35.7 Å². The molecule has 1 aliphatic rings. The number of aryl methyl sites for hydroxylation is 2. The molecule has 3 N–H and O–H groups in total. The highest BCUT2D eigenvalue weighted by Gasteiger charge is 2.25. The number of nitrogens with zero attached hydrogens (tertiary/aromatic N) is 6. The molecule has 0 bridgehead atoms. The molecule has 41 heavy (non-hydrogen) atoms. The number of hydrogen-bond acceptors (Lipinski definition) is 10. The summed E-state index contributed by atoms with van der Waals surface area (Å²) in [6.45, 7) is 15.9. The number of anilines is 3. The van der Waals surface area contributed by atoms with Gasteiger partial charge in [-0.1, -0.05) is 38.1 Å². The maximum atomic E-state index is 12.7. The molecule has 1 fully saturated rings. The third-order valence-corrected chi connectivity index (χ3v) is 7.13. The van der Waals surface area contributed by atoms with Crippen LogP contribution in [0, 0.1) is 13.8 Å². The van der Waals surface area contributed by atoms with Crippen molar-refractivity contribution in [1.29, 1.82) is 0 Å². The number of hydrogen-bond donors (Lipinski definition) is 3. The molecule has 4 heterocycles. The predicted octanol–water partition coefficient (Wildman–Crippen LogP) is 4.48. The van der Waals surface area contributed by atoms with E-state index >= 15 is 0 Å². The van der Waals surface area contributed by atoms with E-state index in [1.165, 1.54) is 5.56 Å². The van der Waals surface area contributed by atoms with Gasteiger partial charge in [0.25, 0.3) is 0 Å². The topological polar surface area (TPSA) is 134 Å². The standard InChI is InChI=1S/C30H37N9O2/c1-18-13-21(7-8-22(18)20(3)35-27(40)28-37-29(38-41-28)30(4,5)6)23-15-26(34-17-33-23)36-25-14-19(2)24(16-32-25)39-11-9-31-10-12-39/h7-8,13-17,20,31H,9-12H2,1-6H3,(H,35,40)(H,32,33,34,36)/t20-/m1/s1. The molecule has 1 aliphatic heterocycles. The molecule has 1 saturated heterocycles. The molecule has 11 heteroatoms. The van der Waals surface area contributed by atoms with E-state index in [1.54, 1.807) is 6.33 Å². The third-order valence-electron chi connectivity index (χ3n) is 7.13. The van der Waals surface area contributed by atoms with Crippen molar-refractivity contribution in [2.45, 2.75) is 53.0 Å². The lowest BCUT2D eigenvalue weighted by Crippen LogP contribution is -2.43. The molecule has 0 saturated carbocycles. The van der Waals surface area contributed by atoms with E-state index < -0.39 is 5.91 Å². The third kappa shape index (κ3) is 6.51. The molecule has 1 aromatic carbocycles. The zero-order valence-electron chi connectivity index (χ0n) is 24.4. The Morgan fingerprint density at radius 3 is 2.46 bits per heavy atom. The number of carbonyl (C=O) groups is 1. The van der Waals surface area contributed by atoms with Crippen LogP contribution in [-0.4, -0.2) is 57.2 Å². The summed E-state index contributed by atoms with van der Waals surface area (Å²) < 4.78 is 5.19. The molecule has 0 radical (unpaired) electrons. The van der Waals surface area contributed by atoms with Crippen LogP contribution in [-0.2, 0) is 5.41 Å². The molecule has 0 aliphatic carbocycles. The Kier molecular flexibility index (Phi) is 7.98. The van der Waals surface area contributed by atoms with Crippen LogP contribution in [0.5, 0.6) is 0 Å². The Labute approximate surface area is 240 Å². The van der Waals surface area contributed by atoms with Crippen LogP contribution < -0.4 is 20.9 Å². The van der Waals surface area contributed by atoms with Crippen LogP contribution in [0.15, 0.2) is 47.4 Å². The Morgan fingerprint density at radius 2 is 1.78 bits per heavy atom. The fraction of sp³-hybridized carbons (Fsp3) is 0.400. The van der Waals surface area contributed by atoms with Gasteiger partial charge in [-0.2, -0.15) is 4.98 Å². The number of piperazine rings is 1. The molecule has 11 nitrogen and oxygen atoms in total. The highest BCUT2D eigenvalue weighted by molar-refractivity contribution is 5.89.